The van der Waals surface area contributed by atoms with Gasteiger partial charge < -0.3 is 10.2 Å². The number of carbonyl (C=O) groups is 1. The van der Waals surface area contributed by atoms with E-state index >= 15 is 0 Å². The number of carbonyl (C=O) groups excluding carboxylic acids is 1. The minimum atomic E-state index is 0.103. The van der Waals surface area contributed by atoms with Gasteiger partial charge in [0.15, 0.2) is 5.17 Å². The van der Waals surface area contributed by atoms with E-state index in [9.17, 15) is 4.79 Å². The first-order valence-electron chi connectivity index (χ1n) is 11.8. The van der Waals surface area contributed by atoms with Gasteiger partial charge in [-0.05, 0) is 89.2 Å². The van der Waals surface area contributed by atoms with Crippen LogP contribution in [0.5, 0.6) is 0 Å². The molecule has 1 aromatic carbocycles. The second-order valence-electron chi connectivity index (χ2n) is 10.6. The van der Waals surface area contributed by atoms with E-state index in [1.807, 2.05) is 36.0 Å². The van der Waals surface area contributed by atoms with Crippen LogP contribution >= 0.6 is 11.8 Å². The van der Waals surface area contributed by atoms with Crippen LogP contribution in [-0.4, -0.2) is 39.4 Å². The number of amidine groups is 1. The lowest BCUT2D eigenvalue weighted by Gasteiger charge is -2.55. The van der Waals surface area contributed by atoms with E-state index in [1.54, 1.807) is 0 Å². The average molecular weight is 426 g/mol. The number of rotatable bonds is 5. The third-order valence-corrected chi connectivity index (χ3v) is 8.78. The Morgan fingerprint density at radius 3 is 2.30 bits per heavy atom. The van der Waals surface area contributed by atoms with Crippen LogP contribution in [0.25, 0.3) is 0 Å². The molecule has 1 unspecified atom stereocenters. The van der Waals surface area contributed by atoms with Gasteiger partial charge in [-0.2, -0.15) is 0 Å². The van der Waals surface area contributed by atoms with Gasteiger partial charge in [0.1, 0.15) is 0 Å². The molecule has 1 atom stereocenters. The van der Waals surface area contributed by atoms with Gasteiger partial charge in [-0.25, -0.2) is 0 Å². The van der Waals surface area contributed by atoms with Gasteiger partial charge in [0, 0.05) is 29.9 Å². The SMILES string of the molecule is Cc1ccc(NC(=O)CC2CSC(=NC34CC5CC(CC(C5)C3)C4)N2C(C)C)cc1. The van der Waals surface area contributed by atoms with Crippen LogP contribution in [0.4, 0.5) is 5.69 Å². The second kappa shape index (κ2) is 7.89. The molecule has 1 saturated heterocycles. The van der Waals surface area contributed by atoms with Crippen molar-refractivity contribution < 1.29 is 4.79 Å². The van der Waals surface area contributed by atoms with Gasteiger partial charge in [-0.3, -0.25) is 9.79 Å². The summed E-state index contributed by atoms with van der Waals surface area (Å²) >= 11 is 1.88. The maximum atomic E-state index is 12.8. The molecule has 6 rings (SSSR count). The highest BCUT2D eigenvalue weighted by Gasteiger charge is 2.51. The summed E-state index contributed by atoms with van der Waals surface area (Å²) in [5, 5.41) is 4.29. The lowest BCUT2D eigenvalue weighted by Crippen LogP contribution is -2.50. The third kappa shape index (κ3) is 4.02. The monoisotopic (exact) mass is 425 g/mol. The first kappa shape index (κ1) is 20.4. The lowest BCUT2D eigenvalue weighted by molar-refractivity contribution is -0.117. The Bertz CT molecular complexity index is 796. The molecule has 5 fully saturated rings. The maximum Gasteiger partial charge on any atom is 0.226 e. The predicted molar refractivity (Wildman–Crippen MR) is 126 cm³/mol. The fourth-order valence-electron chi connectivity index (χ4n) is 6.84. The molecule has 4 bridgehead atoms. The Labute approximate surface area is 185 Å². The molecule has 4 nitrogen and oxygen atoms in total. The number of benzene rings is 1. The van der Waals surface area contributed by atoms with Crippen LogP contribution in [0.1, 0.15) is 64.4 Å². The van der Waals surface area contributed by atoms with E-state index in [4.69, 9.17) is 4.99 Å². The summed E-state index contributed by atoms with van der Waals surface area (Å²) in [6, 6.07) is 8.64. The summed E-state index contributed by atoms with van der Waals surface area (Å²) in [6.07, 6.45) is 8.78. The highest BCUT2D eigenvalue weighted by atomic mass is 32.2. The molecule has 0 spiro atoms. The lowest BCUT2D eigenvalue weighted by atomic mass is 9.53. The van der Waals surface area contributed by atoms with Crippen molar-refractivity contribution in [1.82, 2.24) is 4.90 Å². The number of amides is 1. The first-order chi connectivity index (χ1) is 14.4. The van der Waals surface area contributed by atoms with Crippen LogP contribution in [0, 0.1) is 24.7 Å². The number of aryl methyl sites for hydroxylation is 1. The number of anilines is 1. The minimum absolute atomic E-state index is 0.103. The van der Waals surface area contributed by atoms with Crippen molar-refractivity contribution in [3.8, 4) is 0 Å². The standard InChI is InChI=1S/C25H35N3OS/c1-16(2)28-22(11-23(29)26-21-6-4-17(3)5-7-21)15-30-24(28)27-25-12-18-8-19(13-25)10-20(9-18)14-25/h4-7,16,18-20,22H,8-15H2,1-3H3,(H,26,29). The summed E-state index contributed by atoms with van der Waals surface area (Å²) < 4.78 is 0. The smallest absolute Gasteiger partial charge is 0.226 e. The Kier molecular flexibility index (Phi) is 5.37. The van der Waals surface area contributed by atoms with E-state index in [2.05, 4.69) is 31.0 Å². The molecular weight excluding hydrogens is 390 g/mol. The zero-order chi connectivity index (χ0) is 20.9. The fourth-order valence-corrected chi connectivity index (χ4v) is 8.23. The highest BCUT2D eigenvalue weighted by Crippen LogP contribution is 2.57. The quantitative estimate of drug-likeness (QED) is 0.680. The van der Waals surface area contributed by atoms with Crippen molar-refractivity contribution in [3.05, 3.63) is 29.8 Å². The molecule has 30 heavy (non-hydrogen) atoms. The molecule has 162 valence electrons. The van der Waals surface area contributed by atoms with E-state index in [-0.39, 0.29) is 17.5 Å². The molecule has 1 amide bonds. The largest absolute Gasteiger partial charge is 0.345 e. The Morgan fingerprint density at radius 1 is 1.13 bits per heavy atom. The van der Waals surface area contributed by atoms with Gasteiger partial charge in [-0.1, -0.05) is 29.5 Å². The average Bonchev–Trinajstić information content (AvgIpc) is 3.04. The van der Waals surface area contributed by atoms with Crippen molar-refractivity contribution >= 4 is 28.5 Å². The zero-order valence-corrected chi connectivity index (χ0v) is 19.4. The number of hydrogen-bond donors (Lipinski definition) is 1. The summed E-state index contributed by atoms with van der Waals surface area (Å²) in [5.41, 5.74) is 2.29. The maximum absolute atomic E-state index is 12.8. The summed E-state index contributed by atoms with van der Waals surface area (Å²) in [6.45, 7) is 6.55. The van der Waals surface area contributed by atoms with E-state index in [0.717, 1.165) is 29.2 Å². The van der Waals surface area contributed by atoms with Crippen LogP contribution in [0.3, 0.4) is 0 Å². The van der Waals surface area contributed by atoms with E-state index < -0.39 is 0 Å². The van der Waals surface area contributed by atoms with Gasteiger partial charge in [-0.15, -0.1) is 0 Å². The number of nitrogens with one attached hydrogen (secondary N) is 1. The topological polar surface area (TPSA) is 44.7 Å². The Hall–Kier alpha value is -1.49. The number of aliphatic imine (C=N–C) groups is 1. The summed E-state index contributed by atoms with van der Waals surface area (Å²) in [7, 11) is 0. The van der Waals surface area contributed by atoms with Crippen molar-refractivity contribution in [2.24, 2.45) is 22.7 Å². The van der Waals surface area contributed by atoms with Crippen LogP contribution < -0.4 is 5.32 Å². The molecule has 1 aromatic rings. The Morgan fingerprint density at radius 2 is 1.73 bits per heavy atom. The van der Waals surface area contributed by atoms with Crippen molar-refractivity contribution in [2.75, 3.05) is 11.1 Å². The van der Waals surface area contributed by atoms with E-state index in [0.29, 0.717) is 12.5 Å². The molecule has 1 N–H and O–H groups in total. The molecule has 5 aliphatic rings. The van der Waals surface area contributed by atoms with Gasteiger partial charge in [0.25, 0.3) is 0 Å². The third-order valence-electron chi connectivity index (χ3n) is 7.67. The second-order valence-corrected chi connectivity index (χ2v) is 11.6. The van der Waals surface area contributed by atoms with Crippen molar-refractivity contribution in [3.63, 3.8) is 0 Å². The molecule has 1 heterocycles. The molecular formula is C25H35N3OS. The van der Waals surface area contributed by atoms with Crippen LogP contribution in [-0.2, 0) is 4.79 Å². The molecule has 4 saturated carbocycles. The highest BCUT2D eigenvalue weighted by molar-refractivity contribution is 8.14. The molecule has 0 radical (unpaired) electrons. The fraction of sp³-hybridized carbons (Fsp3) is 0.680. The van der Waals surface area contributed by atoms with Crippen LogP contribution in [0.15, 0.2) is 29.3 Å². The number of nitrogens with zero attached hydrogens (tertiary/aromatic N) is 2. The first-order valence-corrected chi connectivity index (χ1v) is 12.8. The van der Waals surface area contributed by atoms with Crippen molar-refractivity contribution in [2.45, 2.75) is 83.3 Å². The zero-order valence-electron chi connectivity index (χ0n) is 18.6. The number of hydrogen-bond acceptors (Lipinski definition) is 3. The van der Waals surface area contributed by atoms with Crippen LogP contribution in [0.2, 0.25) is 0 Å². The van der Waals surface area contributed by atoms with Crippen molar-refractivity contribution in [1.29, 1.82) is 0 Å². The van der Waals surface area contributed by atoms with Gasteiger partial charge in [0.05, 0.1) is 5.54 Å². The minimum Gasteiger partial charge on any atom is -0.345 e. The predicted octanol–water partition coefficient (Wildman–Crippen LogP) is 5.47. The number of thioether (sulfide) groups is 1. The van der Waals surface area contributed by atoms with E-state index in [1.165, 1.54) is 49.3 Å². The normalized spacial score (nSPS) is 36.1. The Balaban J connectivity index is 1.29. The molecule has 0 aromatic heterocycles. The molecule has 4 aliphatic carbocycles. The van der Waals surface area contributed by atoms with Gasteiger partial charge in [0.2, 0.25) is 5.91 Å². The molecule has 1 aliphatic heterocycles. The summed E-state index contributed by atoms with van der Waals surface area (Å²) in [5.74, 6) is 3.80. The summed E-state index contributed by atoms with van der Waals surface area (Å²) in [4.78, 5) is 20.7. The molecule has 5 heteroatoms. The van der Waals surface area contributed by atoms with Gasteiger partial charge >= 0.3 is 0 Å².